The first kappa shape index (κ1) is 24.3. The molecule has 0 aromatic heterocycles. The van der Waals surface area contributed by atoms with E-state index < -0.39 is 36.5 Å². The van der Waals surface area contributed by atoms with Gasteiger partial charge in [-0.2, -0.15) is 0 Å². The van der Waals surface area contributed by atoms with Crippen LogP contribution in [0.4, 0.5) is 0 Å². The van der Waals surface area contributed by atoms with Crippen molar-refractivity contribution < 1.29 is 30.0 Å². The summed E-state index contributed by atoms with van der Waals surface area (Å²) in [4.78, 5) is 10.4. The molecule has 0 spiro atoms. The van der Waals surface area contributed by atoms with Crippen molar-refractivity contribution in [2.75, 3.05) is 0 Å². The molecule has 1 aliphatic heterocycles. The summed E-state index contributed by atoms with van der Waals surface area (Å²) < 4.78 is 5.70. The van der Waals surface area contributed by atoms with Gasteiger partial charge in [-0.15, -0.1) is 0 Å². The van der Waals surface area contributed by atoms with E-state index >= 15 is 0 Å². The molecule has 0 aliphatic carbocycles. The zero-order valence-corrected chi connectivity index (χ0v) is 16.6. The molecule has 1 heterocycles. The fourth-order valence-corrected chi connectivity index (χ4v) is 2.84. The van der Waals surface area contributed by atoms with Crippen molar-refractivity contribution in [2.45, 2.75) is 82.4 Å². The molecule has 0 aromatic carbocycles. The molecule has 0 radical (unpaired) electrons. The minimum atomic E-state index is -0.854. The van der Waals surface area contributed by atoms with Crippen LogP contribution < -0.4 is 0 Å². The van der Waals surface area contributed by atoms with Gasteiger partial charge in [0.15, 0.2) is 0 Å². The van der Waals surface area contributed by atoms with E-state index in [2.05, 4.69) is 19.1 Å². The van der Waals surface area contributed by atoms with Crippen LogP contribution in [0.2, 0.25) is 0 Å². The molecule has 5 atom stereocenters. The summed E-state index contributed by atoms with van der Waals surface area (Å²) >= 11 is 0. The van der Waals surface area contributed by atoms with Crippen molar-refractivity contribution in [2.24, 2.45) is 0 Å². The van der Waals surface area contributed by atoms with Gasteiger partial charge in [0.25, 0.3) is 0 Å². The number of carboxylic acid groups (broad SMARTS) is 1. The molecule has 0 unspecified atom stereocenters. The molecule has 0 amide bonds. The number of hydrogen-bond donors (Lipinski definition) is 4. The van der Waals surface area contributed by atoms with Gasteiger partial charge in [0, 0.05) is 12.8 Å². The van der Waals surface area contributed by atoms with Crippen molar-refractivity contribution in [3.05, 3.63) is 48.6 Å². The maximum absolute atomic E-state index is 10.4. The minimum absolute atomic E-state index is 0.0606. The van der Waals surface area contributed by atoms with E-state index in [0.29, 0.717) is 25.7 Å². The number of carboxylic acids is 1. The molecule has 0 aromatic rings. The summed E-state index contributed by atoms with van der Waals surface area (Å²) in [5, 5.41) is 38.9. The normalized spacial score (nSPS) is 25.5. The average Bonchev–Trinajstić information content (AvgIpc) is 3.03. The van der Waals surface area contributed by atoms with E-state index in [0.717, 1.165) is 12.8 Å². The zero-order chi connectivity index (χ0) is 20.8. The maximum atomic E-state index is 10.4. The Balaban J connectivity index is 2.34. The molecule has 1 rings (SSSR count). The minimum Gasteiger partial charge on any atom is -0.481 e. The average molecular weight is 395 g/mol. The quantitative estimate of drug-likeness (QED) is 0.358. The third-order valence-corrected chi connectivity index (χ3v) is 4.42. The van der Waals surface area contributed by atoms with Gasteiger partial charge < -0.3 is 25.2 Å². The highest BCUT2D eigenvalue weighted by atomic mass is 16.5. The molecule has 1 saturated heterocycles. The number of aliphatic hydroxyl groups excluding tert-OH is 3. The molecule has 4 N–H and O–H groups in total. The van der Waals surface area contributed by atoms with E-state index in [4.69, 9.17) is 9.84 Å². The number of carbonyl (C=O) groups is 1. The van der Waals surface area contributed by atoms with Crippen LogP contribution in [0.15, 0.2) is 48.6 Å². The van der Waals surface area contributed by atoms with Crippen LogP contribution in [-0.2, 0) is 9.53 Å². The topological polar surface area (TPSA) is 107 Å². The Morgan fingerprint density at radius 2 is 1.82 bits per heavy atom. The van der Waals surface area contributed by atoms with Gasteiger partial charge in [-0.25, -0.2) is 0 Å². The van der Waals surface area contributed by atoms with E-state index in [1.165, 1.54) is 0 Å². The lowest BCUT2D eigenvalue weighted by molar-refractivity contribution is -0.136. The standard InChI is InChI=1S/C22H34O6/c1-2-3-4-5-6-8-11-17(23)14-15-20-19(25)16-21(28-20)18(24)12-9-7-10-13-22(26)27/h3-4,6-9,14-15,17-21,23-25H,2,5,10-13,16H2,1H3,(H,26,27)/b4-3-,8-6-,9-7-,15-14+/t17-,18-,19+,20+,21-/m1/s1. The molecule has 1 aliphatic rings. The Bertz CT molecular complexity index is 551. The molecule has 6 nitrogen and oxygen atoms in total. The van der Waals surface area contributed by atoms with Crippen LogP contribution in [0.1, 0.15) is 51.9 Å². The second-order valence-corrected chi connectivity index (χ2v) is 6.92. The smallest absolute Gasteiger partial charge is 0.303 e. The van der Waals surface area contributed by atoms with Crippen LogP contribution in [0.5, 0.6) is 0 Å². The van der Waals surface area contributed by atoms with Crippen molar-refractivity contribution in [3.63, 3.8) is 0 Å². The molecular weight excluding hydrogens is 360 g/mol. The second-order valence-electron chi connectivity index (χ2n) is 6.92. The van der Waals surface area contributed by atoms with Gasteiger partial charge in [0.2, 0.25) is 0 Å². The third-order valence-electron chi connectivity index (χ3n) is 4.42. The van der Waals surface area contributed by atoms with Crippen LogP contribution in [-0.4, -0.2) is 56.9 Å². The lowest BCUT2D eigenvalue weighted by Gasteiger charge is -2.16. The van der Waals surface area contributed by atoms with E-state index in [1.54, 1.807) is 24.3 Å². The van der Waals surface area contributed by atoms with Gasteiger partial charge in [0.05, 0.1) is 24.4 Å². The molecule has 0 bridgehead atoms. The number of allylic oxidation sites excluding steroid dienone is 4. The van der Waals surface area contributed by atoms with Gasteiger partial charge >= 0.3 is 5.97 Å². The number of ether oxygens (including phenoxy) is 1. The summed E-state index contributed by atoms with van der Waals surface area (Å²) in [5.74, 6) is -0.854. The Kier molecular flexibility index (Phi) is 12.4. The van der Waals surface area contributed by atoms with Crippen molar-refractivity contribution in [3.8, 4) is 0 Å². The summed E-state index contributed by atoms with van der Waals surface area (Å²) in [6, 6.07) is 0. The van der Waals surface area contributed by atoms with Crippen molar-refractivity contribution in [1.29, 1.82) is 0 Å². The summed E-state index contributed by atoms with van der Waals surface area (Å²) in [6.07, 6.45) is 15.1. The first-order valence-corrected chi connectivity index (χ1v) is 9.98. The fraction of sp³-hybridized carbons (Fsp3) is 0.591. The van der Waals surface area contributed by atoms with Gasteiger partial charge in [-0.1, -0.05) is 55.5 Å². The summed E-state index contributed by atoms with van der Waals surface area (Å²) in [6.45, 7) is 2.08. The number of rotatable bonds is 13. The van der Waals surface area contributed by atoms with E-state index in [-0.39, 0.29) is 6.42 Å². The maximum Gasteiger partial charge on any atom is 0.303 e. The Morgan fingerprint density at radius 3 is 2.54 bits per heavy atom. The number of aliphatic carboxylic acids is 1. The lowest BCUT2D eigenvalue weighted by atomic mass is 10.0. The second kappa shape index (κ2) is 14.3. The molecule has 6 heteroatoms. The van der Waals surface area contributed by atoms with Crippen LogP contribution >= 0.6 is 0 Å². The van der Waals surface area contributed by atoms with Crippen molar-refractivity contribution >= 4 is 5.97 Å². The molecule has 28 heavy (non-hydrogen) atoms. The summed E-state index contributed by atoms with van der Waals surface area (Å²) in [7, 11) is 0. The number of hydrogen-bond acceptors (Lipinski definition) is 5. The third kappa shape index (κ3) is 10.6. The largest absolute Gasteiger partial charge is 0.481 e. The van der Waals surface area contributed by atoms with Crippen LogP contribution in [0, 0.1) is 0 Å². The monoisotopic (exact) mass is 394 g/mol. The van der Waals surface area contributed by atoms with Gasteiger partial charge in [0.1, 0.15) is 6.10 Å². The molecule has 158 valence electrons. The van der Waals surface area contributed by atoms with Crippen LogP contribution in [0.3, 0.4) is 0 Å². The van der Waals surface area contributed by atoms with Gasteiger partial charge in [-0.3, -0.25) is 4.79 Å². The van der Waals surface area contributed by atoms with Crippen LogP contribution in [0.25, 0.3) is 0 Å². The molecule has 1 fully saturated rings. The van der Waals surface area contributed by atoms with E-state index in [1.807, 2.05) is 12.2 Å². The SMILES string of the molecule is CC/C=C\C/C=C\C[C@@H](O)/C=C/[C@@H]1O[C@@H]([C@H](O)C/C=C\CCC(=O)O)C[C@@H]1O. The highest BCUT2D eigenvalue weighted by Crippen LogP contribution is 2.25. The van der Waals surface area contributed by atoms with Gasteiger partial charge in [-0.05, 0) is 32.1 Å². The Morgan fingerprint density at radius 1 is 1.11 bits per heavy atom. The van der Waals surface area contributed by atoms with E-state index in [9.17, 15) is 20.1 Å². The molecular formula is C22H34O6. The summed E-state index contributed by atoms with van der Waals surface area (Å²) in [5.41, 5.74) is 0. The first-order chi connectivity index (χ1) is 13.4. The predicted molar refractivity (Wildman–Crippen MR) is 109 cm³/mol. The highest BCUT2D eigenvalue weighted by Gasteiger charge is 2.35. The first-order valence-electron chi connectivity index (χ1n) is 9.98. The lowest BCUT2D eigenvalue weighted by Crippen LogP contribution is -2.25. The highest BCUT2D eigenvalue weighted by molar-refractivity contribution is 5.66. The fourth-order valence-electron chi connectivity index (χ4n) is 2.84. The Hall–Kier alpha value is -1.73. The Labute approximate surface area is 167 Å². The van der Waals surface area contributed by atoms with Crippen molar-refractivity contribution in [1.82, 2.24) is 0 Å². The molecule has 0 saturated carbocycles. The number of aliphatic hydroxyl groups is 3. The zero-order valence-electron chi connectivity index (χ0n) is 16.6. The predicted octanol–water partition coefficient (Wildman–Crippen LogP) is 2.90.